The molecule has 0 atom stereocenters. The van der Waals surface area contributed by atoms with Crippen molar-refractivity contribution < 1.29 is 14.3 Å². The molecule has 0 unspecified atom stereocenters. The number of carbonyl (C=O) groups is 2. The minimum Gasteiger partial charge on any atom is -0.469 e. The van der Waals surface area contributed by atoms with Gasteiger partial charge in [0.2, 0.25) is 0 Å². The Kier molecular flexibility index (Phi) is 7.67. The molecule has 0 aliphatic carbocycles. The normalized spacial score (nSPS) is 9.83. The third-order valence-corrected chi connectivity index (χ3v) is 3.89. The van der Waals surface area contributed by atoms with Crippen LogP contribution in [0.5, 0.6) is 0 Å². The van der Waals surface area contributed by atoms with Gasteiger partial charge in [0.1, 0.15) is 10.7 Å². The van der Waals surface area contributed by atoms with Crippen molar-refractivity contribution in [1.29, 1.82) is 0 Å². The molecule has 0 saturated carbocycles. The van der Waals surface area contributed by atoms with Gasteiger partial charge in [-0.1, -0.05) is 12.1 Å². The van der Waals surface area contributed by atoms with Crippen molar-refractivity contribution in [3.05, 3.63) is 45.9 Å². The van der Waals surface area contributed by atoms with E-state index in [0.717, 1.165) is 10.6 Å². The maximum atomic E-state index is 12.0. The molecular formula is C15H18ClN3O3S. The summed E-state index contributed by atoms with van der Waals surface area (Å²) >= 11 is 1.36. The molecule has 3 N–H and O–H groups in total. The standard InChI is InChI=1S/C15H17N3O3S.ClH/c1-21-14(19)7-4-10-2-5-11(6-3-10)17-15(20)12-9-22-13(8-16)18-12;/h2-3,5-6,9H,4,7-8,16H2,1H3,(H,17,20);1H. The van der Waals surface area contributed by atoms with Crippen LogP contribution in [0, 0.1) is 0 Å². The number of aromatic nitrogens is 1. The molecule has 0 saturated heterocycles. The fraction of sp³-hybridized carbons (Fsp3) is 0.267. The summed E-state index contributed by atoms with van der Waals surface area (Å²) in [6, 6.07) is 7.32. The van der Waals surface area contributed by atoms with Crippen LogP contribution in [-0.4, -0.2) is 24.0 Å². The number of nitrogens with one attached hydrogen (secondary N) is 1. The molecule has 23 heavy (non-hydrogen) atoms. The van der Waals surface area contributed by atoms with Gasteiger partial charge in [0, 0.05) is 24.0 Å². The number of rotatable bonds is 6. The predicted molar refractivity (Wildman–Crippen MR) is 92.0 cm³/mol. The zero-order valence-electron chi connectivity index (χ0n) is 12.6. The monoisotopic (exact) mass is 355 g/mol. The first-order chi connectivity index (χ1) is 10.6. The first kappa shape index (κ1) is 19.1. The van der Waals surface area contributed by atoms with Crippen molar-refractivity contribution in [3.8, 4) is 0 Å². The first-order valence-electron chi connectivity index (χ1n) is 6.74. The third-order valence-electron chi connectivity index (χ3n) is 3.02. The minimum atomic E-state index is -0.265. The summed E-state index contributed by atoms with van der Waals surface area (Å²) in [7, 11) is 1.37. The molecule has 6 nitrogen and oxygen atoms in total. The summed E-state index contributed by atoms with van der Waals surface area (Å²) in [5.74, 6) is -0.505. The number of hydrogen-bond acceptors (Lipinski definition) is 6. The number of esters is 1. The summed E-state index contributed by atoms with van der Waals surface area (Å²) in [5.41, 5.74) is 7.51. The summed E-state index contributed by atoms with van der Waals surface area (Å²) in [5, 5.41) is 5.18. The Morgan fingerprint density at radius 3 is 2.57 bits per heavy atom. The number of aryl methyl sites for hydroxylation is 1. The topological polar surface area (TPSA) is 94.3 Å². The fourth-order valence-corrected chi connectivity index (χ4v) is 2.46. The molecule has 1 heterocycles. The summed E-state index contributed by atoms with van der Waals surface area (Å²) in [6.07, 6.45) is 0.940. The quantitative estimate of drug-likeness (QED) is 0.776. The van der Waals surface area contributed by atoms with Crippen LogP contribution in [0.4, 0.5) is 5.69 Å². The van der Waals surface area contributed by atoms with Crippen LogP contribution in [0.3, 0.4) is 0 Å². The molecule has 0 aliphatic heterocycles. The SMILES string of the molecule is COC(=O)CCc1ccc(NC(=O)c2csc(CN)n2)cc1.Cl. The Bertz CT molecular complexity index is 658. The highest BCUT2D eigenvalue weighted by atomic mass is 35.5. The summed E-state index contributed by atoms with van der Waals surface area (Å²) in [4.78, 5) is 27.2. The smallest absolute Gasteiger partial charge is 0.305 e. The Labute approximate surface area is 144 Å². The number of benzene rings is 1. The van der Waals surface area contributed by atoms with Crippen LogP contribution in [0.15, 0.2) is 29.6 Å². The highest BCUT2D eigenvalue weighted by Crippen LogP contribution is 2.14. The Balaban J connectivity index is 0.00000264. The number of ether oxygens (including phenoxy) is 1. The predicted octanol–water partition coefficient (Wildman–Crippen LogP) is 2.38. The van der Waals surface area contributed by atoms with Crippen LogP contribution in [-0.2, 0) is 22.5 Å². The van der Waals surface area contributed by atoms with Crippen molar-refractivity contribution in [2.24, 2.45) is 5.73 Å². The average molecular weight is 356 g/mol. The number of thiazole rings is 1. The number of nitrogens with zero attached hydrogens (tertiary/aromatic N) is 1. The van der Waals surface area contributed by atoms with Crippen LogP contribution in [0.1, 0.15) is 27.5 Å². The lowest BCUT2D eigenvalue weighted by atomic mass is 10.1. The molecular weight excluding hydrogens is 338 g/mol. The average Bonchev–Trinajstić information content (AvgIpc) is 3.03. The van der Waals surface area contributed by atoms with Gasteiger partial charge in [-0.25, -0.2) is 4.98 Å². The van der Waals surface area contributed by atoms with Crippen LogP contribution in [0.2, 0.25) is 0 Å². The van der Waals surface area contributed by atoms with E-state index in [1.807, 2.05) is 12.1 Å². The maximum absolute atomic E-state index is 12.0. The zero-order valence-corrected chi connectivity index (χ0v) is 14.2. The first-order valence-corrected chi connectivity index (χ1v) is 7.62. The second-order valence-electron chi connectivity index (χ2n) is 4.56. The molecule has 0 aliphatic rings. The number of halogens is 1. The largest absolute Gasteiger partial charge is 0.469 e. The van der Waals surface area contributed by atoms with Gasteiger partial charge in [-0.3, -0.25) is 9.59 Å². The highest BCUT2D eigenvalue weighted by molar-refractivity contribution is 7.09. The number of anilines is 1. The fourth-order valence-electron chi connectivity index (χ4n) is 1.81. The van der Waals surface area contributed by atoms with E-state index >= 15 is 0 Å². The number of hydrogen-bond donors (Lipinski definition) is 2. The van der Waals surface area contributed by atoms with E-state index in [4.69, 9.17) is 5.73 Å². The molecule has 1 amide bonds. The van der Waals surface area contributed by atoms with E-state index < -0.39 is 0 Å². The van der Waals surface area contributed by atoms with Crippen molar-refractivity contribution in [2.45, 2.75) is 19.4 Å². The van der Waals surface area contributed by atoms with Crippen molar-refractivity contribution >= 4 is 41.3 Å². The molecule has 2 rings (SSSR count). The van der Waals surface area contributed by atoms with E-state index in [1.165, 1.54) is 18.4 Å². The summed E-state index contributed by atoms with van der Waals surface area (Å²) in [6.45, 7) is 0.326. The van der Waals surface area contributed by atoms with Crippen LogP contribution >= 0.6 is 23.7 Å². The van der Waals surface area contributed by atoms with Crippen molar-refractivity contribution in [2.75, 3.05) is 12.4 Å². The van der Waals surface area contributed by atoms with Crippen molar-refractivity contribution in [1.82, 2.24) is 4.98 Å². The molecule has 2 aromatic rings. The second kappa shape index (κ2) is 9.24. The second-order valence-corrected chi connectivity index (χ2v) is 5.50. The maximum Gasteiger partial charge on any atom is 0.305 e. The third kappa shape index (κ3) is 5.63. The van der Waals surface area contributed by atoms with E-state index in [0.29, 0.717) is 30.8 Å². The van der Waals surface area contributed by atoms with Gasteiger partial charge in [0.25, 0.3) is 5.91 Å². The highest BCUT2D eigenvalue weighted by Gasteiger charge is 2.10. The van der Waals surface area contributed by atoms with Crippen LogP contribution in [0.25, 0.3) is 0 Å². The van der Waals surface area contributed by atoms with Gasteiger partial charge < -0.3 is 15.8 Å². The van der Waals surface area contributed by atoms with E-state index in [-0.39, 0.29) is 24.3 Å². The lowest BCUT2D eigenvalue weighted by Gasteiger charge is -2.05. The van der Waals surface area contributed by atoms with Gasteiger partial charge >= 0.3 is 5.97 Å². The van der Waals surface area contributed by atoms with E-state index in [2.05, 4.69) is 15.0 Å². The molecule has 0 spiro atoms. The number of nitrogens with two attached hydrogens (primary N) is 1. The van der Waals surface area contributed by atoms with Gasteiger partial charge in [0.05, 0.1) is 7.11 Å². The van der Waals surface area contributed by atoms with E-state index in [9.17, 15) is 9.59 Å². The zero-order chi connectivity index (χ0) is 15.9. The van der Waals surface area contributed by atoms with Crippen LogP contribution < -0.4 is 11.1 Å². The lowest BCUT2D eigenvalue weighted by Crippen LogP contribution is -2.12. The number of carbonyl (C=O) groups excluding carboxylic acids is 2. The van der Waals surface area contributed by atoms with E-state index in [1.54, 1.807) is 17.5 Å². The molecule has 124 valence electrons. The number of amides is 1. The van der Waals surface area contributed by atoms with Gasteiger partial charge in [-0.05, 0) is 24.1 Å². The molecule has 0 radical (unpaired) electrons. The number of methoxy groups -OCH3 is 1. The molecule has 8 heteroatoms. The Morgan fingerprint density at radius 2 is 2.00 bits per heavy atom. The molecule has 1 aromatic heterocycles. The minimum absolute atomic E-state index is 0. The van der Waals surface area contributed by atoms with Gasteiger partial charge in [-0.2, -0.15) is 0 Å². The molecule has 0 fully saturated rings. The lowest BCUT2D eigenvalue weighted by molar-refractivity contribution is -0.140. The van der Waals surface area contributed by atoms with Gasteiger partial charge in [0.15, 0.2) is 0 Å². The van der Waals surface area contributed by atoms with Crippen molar-refractivity contribution in [3.63, 3.8) is 0 Å². The molecule has 0 bridgehead atoms. The Hall–Kier alpha value is -1.96. The summed E-state index contributed by atoms with van der Waals surface area (Å²) < 4.78 is 4.60. The Morgan fingerprint density at radius 1 is 1.30 bits per heavy atom. The molecule has 1 aromatic carbocycles. The van der Waals surface area contributed by atoms with Gasteiger partial charge in [-0.15, -0.1) is 23.7 Å².